The van der Waals surface area contributed by atoms with Gasteiger partial charge in [0.1, 0.15) is 0 Å². The Bertz CT molecular complexity index is 396. The molecule has 1 atom stereocenters. The maximum Gasteiger partial charge on any atom is 0.270 e. The van der Waals surface area contributed by atoms with Gasteiger partial charge < -0.3 is 5.73 Å². The second kappa shape index (κ2) is 6.57. The van der Waals surface area contributed by atoms with E-state index >= 15 is 0 Å². The summed E-state index contributed by atoms with van der Waals surface area (Å²) in [5.74, 6) is 0. The van der Waals surface area contributed by atoms with Gasteiger partial charge in [0, 0.05) is 18.2 Å². The van der Waals surface area contributed by atoms with E-state index in [4.69, 9.17) is 17.3 Å². The molecule has 0 bridgehead atoms. The Balaban J connectivity index is 2.63. The van der Waals surface area contributed by atoms with E-state index in [1.165, 1.54) is 12.1 Å². The minimum atomic E-state index is -0.446. The number of hydrogen-bond donors (Lipinski definition) is 1. The molecule has 0 heterocycles. The smallest absolute Gasteiger partial charge is 0.270 e. The summed E-state index contributed by atoms with van der Waals surface area (Å²) >= 11 is 5.99. The Kier molecular flexibility index (Phi) is 5.38. The fourth-order valence-corrected chi connectivity index (χ4v) is 1.98. The zero-order valence-corrected chi connectivity index (χ0v) is 10.6. The van der Waals surface area contributed by atoms with Crippen LogP contribution in [0.4, 0.5) is 5.69 Å². The van der Waals surface area contributed by atoms with Crippen LogP contribution in [-0.4, -0.2) is 11.0 Å². The molecule has 0 aromatic heterocycles. The van der Waals surface area contributed by atoms with E-state index in [0.29, 0.717) is 5.02 Å². The SMILES string of the molecule is CCCC(N)CCc1ccc([N+](=O)[O-])cc1Cl. The summed E-state index contributed by atoms with van der Waals surface area (Å²) in [4.78, 5) is 10.1. The van der Waals surface area contributed by atoms with Gasteiger partial charge in [-0.1, -0.05) is 31.0 Å². The quantitative estimate of drug-likeness (QED) is 0.627. The van der Waals surface area contributed by atoms with Crippen LogP contribution in [0, 0.1) is 10.1 Å². The maximum absolute atomic E-state index is 10.5. The Hall–Kier alpha value is -1.13. The van der Waals surface area contributed by atoms with Crippen molar-refractivity contribution in [3.63, 3.8) is 0 Å². The number of nitrogens with zero attached hydrogens (tertiary/aromatic N) is 1. The maximum atomic E-state index is 10.5. The molecule has 0 aliphatic rings. The van der Waals surface area contributed by atoms with Gasteiger partial charge in [-0.15, -0.1) is 0 Å². The highest BCUT2D eigenvalue weighted by Gasteiger charge is 2.10. The Morgan fingerprint density at radius 3 is 2.71 bits per heavy atom. The minimum Gasteiger partial charge on any atom is -0.328 e. The highest BCUT2D eigenvalue weighted by Crippen LogP contribution is 2.23. The lowest BCUT2D eigenvalue weighted by Crippen LogP contribution is -2.20. The van der Waals surface area contributed by atoms with Gasteiger partial charge >= 0.3 is 0 Å². The van der Waals surface area contributed by atoms with Crippen LogP contribution in [0.5, 0.6) is 0 Å². The molecule has 0 aliphatic heterocycles. The van der Waals surface area contributed by atoms with Crippen molar-refractivity contribution in [1.82, 2.24) is 0 Å². The molecular weight excluding hydrogens is 240 g/mol. The topological polar surface area (TPSA) is 69.2 Å². The van der Waals surface area contributed by atoms with Gasteiger partial charge in [-0.3, -0.25) is 10.1 Å². The predicted molar refractivity (Wildman–Crippen MR) is 69.3 cm³/mol. The molecule has 94 valence electrons. The van der Waals surface area contributed by atoms with Crippen molar-refractivity contribution in [3.05, 3.63) is 38.9 Å². The van der Waals surface area contributed by atoms with Gasteiger partial charge in [-0.2, -0.15) is 0 Å². The highest BCUT2D eigenvalue weighted by atomic mass is 35.5. The van der Waals surface area contributed by atoms with Crippen molar-refractivity contribution in [2.24, 2.45) is 5.73 Å². The number of nitrogens with two attached hydrogens (primary N) is 1. The fraction of sp³-hybridized carbons (Fsp3) is 0.500. The zero-order chi connectivity index (χ0) is 12.8. The van der Waals surface area contributed by atoms with Crippen LogP contribution < -0.4 is 5.73 Å². The molecule has 2 N–H and O–H groups in total. The molecule has 0 fully saturated rings. The number of non-ortho nitro benzene ring substituents is 1. The minimum absolute atomic E-state index is 0.0246. The summed E-state index contributed by atoms with van der Waals surface area (Å²) in [6.45, 7) is 2.10. The second-order valence-electron chi connectivity index (χ2n) is 4.12. The van der Waals surface area contributed by atoms with Gasteiger partial charge in [-0.05, 0) is 24.8 Å². The molecule has 0 saturated heterocycles. The third-order valence-electron chi connectivity index (χ3n) is 2.69. The van der Waals surface area contributed by atoms with Crippen molar-refractivity contribution in [2.75, 3.05) is 0 Å². The number of aryl methyl sites for hydroxylation is 1. The van der Waals surface area contributed by atoms with Gasteiger partial charge in [0.2, 0.25) is 0 Å². The lowest BCUT2D eigenvalue weighted by molar-refractivity contribution is -0.384. The summed E-state index contributed by atoms with van der Waals surface area (Å²) in [5, 5.41) is 11.0. The van der Waals surface area contributed by atoms with Crippen LogP contribution in [0.25, 0.3) is 0 Å². The first-order chi connectivity index (χ1) is 8.04. The lowest BCUT2D eigenvalue weighted by Gasteiger charge is -2.10. The summed E-state index contributed by atoms with van der Waals surface area (Å²) in [6, 6.07) is 4.75. The monoisotopic (exact) mass is 256 g/mol. The molecule has 1 aromatic rings. The number of nitro groups is 1. The number of halogens is 1. The summed E-state index contributed by atoms with van der Waals surface area (Å²) < 4.78 is 0. The Labute approximate surface area is 106 Å². The molecule has 0 aliphatic carbocycles. The van der Waals surface area contributed by atoms with Crippen molar-refractivity contribution in [1.29, 1.82) is 0 Å². The zero-order valence-electron chi connectivity index (χ0n) is 9.86. The fourth-order valence-electron chi connectivity index (χ4n) is 1.71. The molecule has 0 amide bonds. The average Bonchev–Trinajstić information content (AvgIpc) is 2.27. The molecule has 1 unspecified atom stereocenters. The third kappa shape index (κ3) is 4.32. The van der Waals surface area contributed by atoms with E-state index in [2.05, 4.69) is 6.92 Å². The van der Waals surface area contributed by atoms with Crippen LogP contribution in [0.15, 0.2) is 18.2 Å². The molecule has 1 rings (SSSR count). The standard InChI is InChI=1S/C12H17ClN2O2/c1-2-3-10(14)6-4-9-5-7-11(15(16)17)8-12(9)13/h5,7-8,10H,2-4,6,14H2,1H3. The van der Waals surface area contributed by atoms with E-state index in [9.17, 15) is 10.1 Å². The van der Waals surface area contributed by atoms with Gasteiger partial charge in [0.05, 0.1) is 9.95 Å². The number of nitro benzene ring substituents is 1. The normalized spacial score (nSPS) is 12.4. The summed E-state index contributed by atoms with van der Waals surface area (Å²) in [7, 11) is 0. The van der Waals surface area contributed by atoms with Crippen LogP contribution in [0.1, 0.15) is 31.7 Å². The van der Waals surface area contributed by atoms with Crippen molar-refractivity contribution >= 4 is 17.3 Å². The molecule has 0 saturated carbocycles. The molecular formula is C12H17ClN2O2. The molecule has 17 heavy (non-hydrogen) atoms. The van der Waals surface area contributed by atoms with Crippen molar-refractivity contribution in [3.8, 4) is 0 Å². The van der Waals surface area contributed by atoms with Crippen LogP contribution in [-0.2, 0) is 6.42 Å². The van der Waals surface area contributed by atoms with E-state index in [1.807, 2.05) is 0 Å². The molecule has 0 spiro atoms. The predicted octanol–water partition coefficient (Wildman–Crippen LogP) is 3.31. The lowest BCUT2D eigenvalue weighted by atomic mass is 10.0. The van der Waals surface area contributed by atoms with E-state index in [-0.39, 0.29) is 11.7 Å². The average molecular weight is 257 g/mol. The van der Waals surface area contributed by atoms with Crippen LogP contribution in [0.2, 0.25) is 5.02 Å². The second-order valence-corrected chi connectivity index (χ2v) is 4.53. The van der Waals surface area contributed by atoms with Crippen molar-refractivity contribution < 1.29 is 4.92 Å². The summed E-state index contributed by atoms with van der Waals surface area (Å²) in [6.07, 6.45) is 3.67. The number of hydrogen-bond acceptors (Lipinski definition) is 3. The summed E-state index contributed by atoms with van der Waals surface area (Å²) in [5.41, 5.74) is 6.85. The highest BCUT2D eigenvalue weighted by molar-refractivity contribution is 6.31. The Morgan fingerprint density at radius 2 is 2.18 bits per heavy atom. The molecule has 1 aromatic carbocycles. The molecule has 0 radical (unpaired) electrons. The first-order valence-corrected chi connectivity index (χ1v) is 6.10. The van der Waals surface area contributed by atoms with E-state index in [0.717, 1.165) is 31.2 Å². The molecule has 5 heteroatoms. The number of rotatable bonds is 6. The Morgan fingerprint density at radius 1 is 1.47 bits per heavy atom. The third-order valence-corrected chi connectivity index (χ3v) is 3.04. The van der Waals surface area contributed by atoms with Gasteiger partial charge in [-0.25, -0.2) is 0 Å². The van der Waals surface area contributed by atoms with E-state index < -0.39 is 4.92 Å². The van der Waals surface area contributed by atoms with Crippen molar-refractivity contribution in [2.45, 2.75) is 38.6 Å². The largest absolute Gasteiger partial charge is 0.328 e. The van der Waals surface area contributed by atoms with Gasteiger partial charge in [0.15, 0.2) is 0 Å². The van der Waals surface area contributed by atoms with Crippen LogP contribution >= 0.6 is 11.6 Å². The first kappa shape index (κ1) is 13.9. The number of benzene rings is 1. The van der Waals surface area contributed by atoms with Crippen LogP contribution in [0.3, 0.4) is 0 Å². The van der Waals surface area contributed by atoms with E-state index in [1.54, 1.807) is 6.07 Å². The molecule has 4 nitrogen and oxygen atoms in total. The van der Waals surface area contributed by atoms with Gasteiger partial charge in [0.25, 0.3) is 5.69 Å². The first-order valence-electron chi connectivity index (χ1n) is 5.73.